The Hall–Kier alpha value is -2.54. The summed E-state index contributed by atoms with van der Waals surface area (Å²) in [5.74, 6) is 0.864. The third kappa shape index (κ3) is 5.50. The number of aromatic amines is 1. The van der Waals surface area contributed by atoms with E-state index in [-0.39, 0.29) is 12.6 Å². The summed E-state index contributed by atoms with van der Waals surface area (Å²) in [6.45, 7) is 2.53. The largest absolute Gasteiger partial charge is 0.356 e. The van der Waals surface area contributed by atoms with Crippen molar-refractivity contribution in [3.05, 3.63) is 75.7 Å². The van der Waals surface area contributed by atoms with Gasteiger partial charge in [0, 0.05) is 18.5 Å². The van der Waals surface area contributed by atoms with Crippen molar-refractivity contribution >= 4 is 40.6 Å². The van der Waals surface area contributed by atoms with Crippen molar-refractivity contribution in [2.24, 2.45) is 0 Å². The normalized spacial score (nSPS) is 10.8. The molecule has 1 aromatic heterocycles. The van der Waals surface area contributed by atoms with Gasteiger partial charge in [-0.3, -0.25) is 4.79 Å². The van der Waals surface area contributed by atoms with Crippen LogP contribution >= 0.6 is 23.2 Å². The Morgan fingerprint density at radius 1 is 1.21 bits per heavy atom. The van der Waals surface area contributed by atoms with Gasteiger partial charge in [-0.25, -0.2) is 4.98 Å². The zero-order valence-corrected chi connectivity index (χ0v) is 17.7. The summed E-state index contributed by atoms with van der Waals surface area (Å²) in [6.07, 6.45) is 0.657. The van der Waals surface area contributed by atoms with Crippen LogP contribution in [0, 0.1) is 0 Å². The van der Waals surface area contributed by atoms with Crippen LogP contribution in [-0.4, -0.2) is 34.6 Å². The van der Waals surface area contributed by atoms with Gasteiger partial charge < -0.3 is 19.9 Å². The predicted molar refractivity (Wildman–Crippen MR) is 116 cm³/mol. The third-order valence-electron chi connectivity index (χ3n) is 4.23. The molecule has 2 aromatic carbocycles. The summed E-state index contributed by atoms with van der Waals surface area (Å²) in [6, 6.07) is 14.9. The summed E-state index contributed by atoms with van der Waals surface area (Å²) in [4.78, 5) is 22.0. The second-order valence-corrected chi connectivity index (χ2v) is 7.32. The number of benzene rings is 2. The molecule has 1 heterocycles. The number of nitrogens with zero attached hydrogens (tertiary/aromatic N) is 2. The van der Waals surface area contributed by atoms with Gasteiger partial charge in [0.05, 0.1) is 17.3 Å². The van der Waals surface area contributed by atoms with Crippen LogP contribution in [0.2, 0.25) is 10.0 Å². The molecule has 3 rings (SSSR count). The molecule has 0 unspecified atom stereocenters. The first-order chi connectivity index (χ1) is 14.0. The summed E-state index contributed by atoms with van der Waals surface area (Å²) in [7, 11) is 1.68. The van der Waals surface area contributed by atoms with Gasteiger partial charge in [-0.1, -0.05) is 60.5 Å². The van der Waals surface area contributed by atoms with E-state index in [1.807, 2.05) is 37.3 Å². The maximum absolute atomic E-state index is 12.9. The van der Waals surface area contributed by atoms with Crippen molar-refractivity contribution in [3.63, 3.8) is 0 Å². The van der Waals surface area contributed by atoms with Crippen molar-refractivity contribution in [1.29, 1.82) is 0 Å². The second kappa shape index (κ2) is 9.78. The number of halogens is 2. The smallest absolute Gasteiger partial charge is 0.275 e. The van der Waals surface area contributed by atoms with Crippen LogP contribution in [-0.2, 0) is 17.8 Å². The SMILES string of the molecule is CCc1nc(Nc2ccc(Cl)cc2Cl)c(C(=O)N(C)COCc2ccccc2)[nH]1. The third-order valence-corrected chi connectivity index (χ3v) is 4.78. The number of amides is 1. The molecule has 6 nitrogen and oxygen atoms in total. The number of ether oxygens (including phenoxy) is 1. The van der Waals surface area contributed by atoms with Gasteiger partial charge in [0.15, 0.2) is 5.82 Å². The fourth-order valence-corrected chi connectivity index (χ4v) is 3.13. The van der Waals surface area contributed by atoms with Crippen LogP contribution in [0.1, 0.15) is 28.8 Å². The van der Waals surface area contributed by atoms with Crippen LogP contribution in [0.15, 0.2) is 48.5 Å². The Morgan fingerprint density at radius 2 is 1.97 bits per heavy atom. The Labute approximate surface area is 179 Å². The van der Waals surface area contributed by atoms with Crippen LogP contribution in [0.3, 0.4) is 0 Å². The molecule has 0 spiro atoms. The maximum Gasteiger partial charge on any atom is 0.275 e. The fraction of sp³-hybridized carbons (Fsp3) is 0.238. The molecule has 1 amide bonds. The molecule has 0 aliphatic carbocycles. The van der Waals surface area contributed by atoms with Gasteiger partial charge in [0.1, 0.15) is 18.2 Å². The number of carbonyl (C=O) groups excluding carboxylic acids is 1. The lowest BCUT2D eigenvalue weighted by atomic mass is 10.2. The molecule has 3 aromatic rings. The molecule has 29 heavy (non-hydrogen) atoms. The molecular weight excluding hydrogens is 411 g/mol. The van der Waals surface area contributed by atoms with E-state index < -0.39 is 0 Å². The van der Waals surface area contributed by atoms with Gasteiger partial charge in [0.25, 0.3) is 5.91 Å². The van der Waals surface area contributed by atoms with E-state index >= 15 is 0 Å². The summed E-state index contributed by atoms with van der Waals surface area (Å²) in [5.41, 5.74) is 2.00. The highest BCUT2D eigenvalue weighted by atomic mass is 35.5. The zero-order valence-electron chi connectivity index (χ0n) is 16.2. The molecule has 0 saturated heterocycles. The highest BCUT2D eigenvalue weighted by Crippen LogP contribution is 2.29. The fourth-order valence-electron chi connectivity index (χ4n) is 2.68. The highest BCUT2D eigenvalue weighted by Gasteiger charge is 2.21. The van der Waals surface area contributed by atoms with Gasteiger partial charge >= 0.3 is 0 Å². The quantitative estimate of drug-likeness (QED) is 0.475. The minimum Gasteiger partial charge on any atom is -0.356 e. The van der Waals surface area contributed by atoms with Crippen LogP contribution in [0.5, 0.6) is 0 Å². The molecule has 0 radical (unpaired) electrons. The molecule has 2 N–H and O–H groups in total. The van der Waals surface area contributed by atoms with Crippen LogP contribution < -0.4 is 5.32 Å². The molecule has 152 valence electrons. The first kappa shape index (κ1) is 21.2. The topological polar surface area (TPSA) is 70.2 Å². The zero-order chi connectivity index (χ0) is 20.8. The molecule has 0 aliphatic rings. The average Bonchev–Trinajstić information content (AvgIpc) is 3.13. The monoisotopic (exact) mass is 432 g/mol. The van der Waals surface area contributed by atoms with E-state index in [0.29, 0.717) is 46.1 Å². The molecule has 0 aliphatic heterocycles. The number of aromatic nitrogens is 2. The number of nitrogens with one attached hydrogen (secondary N) is 2. The second-order valence-electron chi connectivity index (χ2n) is 6.48. The number of H-pyrrole nitrogens is 1. The Morgan fingerprint density at radius 3 is 2.66 bits per heavy atom. The van der Waals surface area contributed by atoms with E-state index in [0.717, 1.165) is 5.56 Å². The van der Waals surface area contributed by atoms with Crippen molar-refractivity contribution in [2.75, 3.05) is 19.1 Å². The van der Waals surface area contributed by atoms with Crippen molar-refractivity contribution in [3.8, 4) is 0 Å². The van der Waals surface area contributed by atoms with E-state index in [9.17, 15) is 4.79 Å². The number of hydrogen-bond acceptors (Lipinski definition) is 4. The maximum atomic E-state index is 12.9. The van der Waals surface area contributed by atoms with E-state index in [1.165, 1.54) is 4.90 Å². The summed E-state index contributed by atoms with van der Waals surface area (Å²) < 4.78 is 5.66. The van der Waals surface area contributed by atoms with Gasteiger partial charge in [-0.2, -0.15) is 0 Å². The van der Waals surface area contributed by atoms with Crippen LogP contribution in [0.4, 0.5) is 11.5 Å². The van der Waals surface area contributed by atoms with Crippen molar-refractivity contribution in [1.82, 2.24) is 14.9 Å². The number of aryl methyl sites for hydroxylation is 1. The summed E-state index contributed by atoms with van der Waals surface area (Å²) in [5, 5.41) is 4.09. The molecule has 0 saturated carbocycles. The standard InChI is InChI=1S/C21H22Cl2N4O2/c1-3-18-25-19(20(26-18)24-17-10-9-15(22)11-16(17)23)21(28)27(2)13-29-12-14-7-5-4-6-8-14/h4-11,24H,3,12-13H2,1-2H3,(H,25,26). The average molecular weight is 433 g/mol. The van der Waals surface area contributed by atoms with Crippen molar-refractivity contribution in [2.45, 2.75) is 20.0 Å². The number of imidazole rings is 1. The van der Waals surface area contributed by atoms with E-state index in [1.54, 1.807) is 25.2 Å². The molecule has 0 fully saturated rings. The predicted octanol–water partition coefficient (Wildman–Crippen LogP) is 5.27. The van der Waals surface area contributed by atoms with Crippen molar-refractivity contribution < 1.29 is 9.53 Å². The number of rotatable bonds is 8. The van der Waals surface area contributed by atoms with Gasteiger partial charge in [-0.15, -0.1) is 0 Å². The van der Waals surface area contributed by atoms with Crippen LogP contribution in [0.25, 0.3) is 0 Å². The first-order valence-corrected chi connectivity index (χ1v) is 9.91. The first-order valence-electron chi connectivity index (χ1n) is 9.16. The summed E-state index contributed by atoms with van der Waals surface area (Å²) >= 11 is 12.2. The number of anilines is 2. The molecule has 0 bridgehead atoms. The molecule has 0 atom stereocenters. The Bertz CT molecular complexity index is 976. The number of hydrogen-bond donors (Lipinski definition) is 2. The van der Waals surface area contributed by atoms with E-state index in [4.69, 9.17) is 27.9 Å². The van der Waals surface area contributed by atoms with Gasteiger partial charge in [0.2, 0.25) is 0 Å². The lowest BCUT2D eigenvalue weighted by molar-refractivity contribution is 0.0267. The molecular formula is C21H22Cl2N4O2. The lowest BCUT2D eigenvalue weighted by Crippen LogP contribution is -2.30. The minimum atomic E-state index is -0.238. The van der Waals surface area contributed by atoms with Gasteiger partial charge in [-0.05, 0) is 23.8 Å². The minimum absolute atomic E-state index is 0.148. The highest BCUT2D eigenvalue weighted by molar-refractivity contribution is 6.36. The van der Waals surface area contributed by atoms with E-state index in [2.05, 4.69) is 15.3 Å². The molecule has 8 heteroatoms. The number of carbonyl (C=O) groups is 1. The Kier molecular flexibility index (Phi) is 7.14. The Balaban J connectivity index is 1.71. The lowest BCUT2D eigenvalue weighted by Gasteiger charge is -2.17.